The molecule has 0 N–H and O–H groups in total. The monoisotopic (exact) mass is 260 g/mol. The van der Waals surface area contributed by atoms with Crippen LogP contribution in [0.1, 0.15) is 44.3 Å². The first kappa shape index (κ1) is 12.7. The van der Waals surface area contributed by atoms with E-state index >= 15 is 0 Å². The molecule has 2 fully saturated rings. The molecule has 0 amide bonds. The molecule has 2 aliphatic rings. The summed E-state index contributed by atoms with van der Waals surface area (Å²) in [7, 11) is 0. The second-order valence-corrected chi connectivity index (χ2v) is 5.73. The van der Waals surface area contributed by atoms with Gasteiger partial charge >= 0.3 is 0 Å². The zero-order valence-electron chi connectivity index (χ0n) is 11.9. The maximum atomic E-state index is 4.66. The summed E-state index contributed by atoms with van der Waals surface area (Å²) in [6.07, 6.45) is 7.90. The van der Waals surface area contributed by atoms with Gasteiger partial charge in [-0.15, -0.1) is 0 Å². The first-order valence-electron chi connectivity index (χ1n) is 7.68. The largest absolute Gasteiger partial charge is 0.356 e. The lowest BCUT2D eigenvalue weighted by Crippen LogP contribution is -2.26. The van der Waals surface area contributed by atoms with E-state index in [1.54, 1.807) is 0 Å². The maximum Gasteiger partial charge on any atom is 0.134 e. The lowest BCUT2D eigenvalue weighted by atomic mass is 10.2. The van der Waals surface area contributed by atoms with Crippen LogP contribution < -0.4 is 9.80 Å². The van der Waals surface area contributed by atoms with Crippen LogP contribution in [0, 0.1) is 6.92 Å². The summed E-state index contributed by atoms with van der Waals surface area (Å²) in [4.78, 5) is 14.1. The van der Waals surface area contributed by atoms with Gasteiger partial charge in [-0.25, -0.2) is 9.97 Å². The molecule has 19 heavy (non-hydrogen) atoms. The Balaban J connectivity index is 1.83. The van der Waals surface area contributed by atoms with E-state index in [0.29, 0.717) is 0 Å². The van der Waals surface area contributed by atoms with E-state index in [2.05, 4.69) is 25.8 Å². The number of hydrogen-bond donors (Lipinski definition) is 0. The molecule has 0 aromatic carbocycles. The van der Waals surface area contributed by atoms with Crippen molar-refractivity contribution in [1.29, 1.82) is 0 Å². The Hall–Kier alpha value is -1.32. The van der Waals surface area contributed by atoms with Crippen molar-refractivity contribution in [2.24, 2.45) is 0 Å². The van der Waals surface area contributed by atoms with Gasteiger partial charge in [0, 0.05) is 32.2 Å². The molecule has 2 saturated heterocycles. The summed E-state index contributed by atoms with van der Waals surface area (Å²) in [5.74, 6) is 3.17. The Morgan fingerprint density at radius 2 is 1.16 bits per heavy atom. The van der Waals surface area contributed by atoms with Crippen LogP contribution in [-0.2, 0) is 0 Å². The number of nitrogens with zero attached hydrogens (tertiary/aromatic N) is 4. The third-order valence-corrected chi connectivity index (χ3v) is 4.17. The van der Waals surface area contributed by atoms with Crippen LogP contribution in [0.2, 0.25) is 0 Å². The van der Waals surface area contributed by atoms with Crippen LogP contribution in [0.15, 0.2) is 6.07 Å². The van der Waals surface area contributed by atoms with Crippen LogP contribution in [0.5, 0.6) is 0 Å². The van der Waals surface area contributed by atoms with Crippen molar-refractivity contribution >= 4 is 11.6 Å². The second-order valence-electron chi connectivity index (χ2n) is 5.73. The average Bonchev–Trinajstić information content (AvgIpc) is 2.81. The predicted molar refractivity (Wildman–Crippen MR) is 78.9 cm³/mol. The molecule has 0 saturated carbocycles. The van der Waals surface area contributed by atoms with E-state index < -0.39 is 0 Å². The Kier molecular flexibility index (Phi) is 3.85. The molecule has 0 radical (unpaired) electrons. The Morgan fingerprint density at radius 1 is 0.737 bits per heavy atom. The van der Waals surface area contributed by atoms with Crippen molar-refractivity contribution in [3.63, 3.8) is 0 Å². The highest BCUT2D eigenvalue weighted by Crippen LogP contribution is 2.24. The summed E-state index contributed by atoms with van der Waals surface area (Å²) < 4.78 is 0. The van der Waals surface area contributed by atoms with Gasteiger partial charge in [-0.3, -0.25) is 0 Å². The number of rotatable bonds is 2. The molecular weight excluding hydrogens is 236 g/mol. The van der Waals surface area contributed by atoms with Gasteiger partial charge in [0.05, 0.1) is 0 Å². The molecule has 0 bridgehead atoms. The van der Waals surface area contributed by atoms with Crippen LogP contribution in [0.4, 0.5) is 11.6 Å². The average molecular weight is 260 g/mol. The third-order valence-electron chi connectivity index (χ3n) is 4.17. The number of aryl methyl sites for hydroxylation is 1. The Bertz CT molecular complexity index is 418. The highest BCUT2D eigenvalue weighted by atomic mass is 15.2. The molecule has 0 spiro atoms. The van der Waals surface area contributed by atoms with Gasteiger partial charge in [0.25, 0.3) is 0 Å². The van der Waals surface area contributed by atoms with Crippen molar-refractivity contribution in [3.05, 3.63) is 11.9 Å². The fourth-order valence-electron chi connectivity index (χ4n) is 3.11. The summed E-state index contributed by atoms with van der Waals surface area (Å²) >= 11 is 0. The smallest absolute Gasteiger partial charge is 0.134 e. The van der Waals surface area contributed by atoms with Crippen molar-refractivity contribution in [2.75, 3.05) is 36.0 Å². The molecule has 0 atom stereocenters. The maximum absolute atomic E-state index is 4.66. The quantitative estimate of drug-likeness (QED) is 0.818. The zero-order chi connectivity index (χ0) is 13.1. The van der Waals surface area contributed by atoms with Crippen LogP contribution in [0.3, 0.4) is 0 Å². The van der Waals surface area contributed by atoms with Crippen LogP contribution >= 0.6 is 0 Å². The van der Waals surface area contributed by atoms with Gasteiger partial charge < -0.3 is 9.80 Å². The lowest BCUT2D eigenvalue weighted by Gasteiger charge is -2.24. The number of aromatic nitrogens is 2. The normalized spacial score (nSPS) is 20.7. The van der Waals surface area contributed by atoms with Crippen molar-refractivity contribution in [3.8, 4) is 0 Å². The molecule has 2 aliphatic heterocycles. The minimum Gasteiger partial charge on any atom is -0.356 e. The zero-order valence-corrected chi connectivity index (χ0v) is 11.9. The Labute approximate surface area is 115 Å². The van der Waals surface area contributed by atoms with E-state index in [-0.39, 0.29) is 0 Å². The number of hydrogen-bond acceptors (Lipinski definition) is 4. The topological polar surface area (TPSA) is 32.3 Å². The molecule has 104 valence electrons. The Morgan fingerprint density at radius 3 is 1.63 bits per heavy atom. The SMILES string of the molecule is Cc1nc(N2CCCCCC2)cc(N2CCCC2)n1. The minimum atomic E-state index is 0.906. The lowest BCUT2D eigenvalue weighted by molar-refractivity contribution is 0.726. The molecule has 1 aromatic heterocycles. The molecule has 3 rings (SSSR count). The van der Waals surface area contributed by atoms with Gasteiger partial charge in [-0.05, 0) is 32.6 Å². The third kappa shape index (κ3) is 2.99. The summed E-state index contributed by atoms with van der Waals surface area (Å²) in [6.45, 7) is 6.61. The van der Waals surface area contributed by atoms with Gasteiger partial charge in [-0.2, -0.15) is 0 Å². The van der Waals surface area contributed by atoms with E-state index in [1.807, 2.05) is 6.92 Å². The summed E-state index contributed by atoms with van der Waals surface area (Å²) in [6, 6.07) is 2.20. The molecule has 4 nitrogen and oxygen atoms in total. The molecule has 0 aliphatic carbocycles. The van der Waals surface area contributed by atoms with E-state index in [4.69, 9.17) is 0 Å². The number of anilines is 2. The molecular formula is C15H24N4. The molecule has 3 heterocycles. The van der Waals surface area contributed by atoms with E-state index in [1.165, 1.54) is 38.5 Å². The first-order valence-corrected chi connectivity index (χ1v) is 7.68. The van der Waals surface area contributed by atoms with E-state index in [0.717, 1.165) is 43.6 Å². The van der Waals surface area contributed by atoms with Crippen LogP contribution in [0.25, 0.3) is 0 Å². The fraction of sp³-hybridized carbons (Fsp3) is 0.733. The van der Waals surface area contributed by atoms with Crippen LogP contribution in [-0.4, -0.2) is 36.1 Å². The minimum absolute atomic E-state index is 0.906. The van der Waals surface area contributed by atoms with Gasteiger partial charge in [-0.1, -0.05) is 12.8 Å². The van der Waals surface area contributed by atoms with E-state index in [9.17, 15) is 0 Å². The molecule has 1 aromatic rings. The predicted octanol–water partition coefficient (Wildman–Crippen LogP) is 2.77. The van der Waals surface area contributed by atoms with Crippen molar-refractivity contribution in [1.82, 2.24) is 9.97 Å². The second kappa shape index (κ2) is 5.76. The molecule has 0 unspecified atom stereocenters. The highest BCUT2D eigenvalue weighted by Gasteiger charge is 2.17. The van der Waals surface area contributed by atoms with Gasteiger partial charge in [0.15, 0.2) is 0 Å². The standard InChI is InChI=1S/C15H24N4/c1-13-16-14(18-8-4-2-3-5-9-18)12-15(17-13)19-10-6-7-11-19/h12H,2-11H2,1H3. The van der Waals surface area contributed by atoms with Gasteiger partial charge in [0.1, 0.15) is 17.5 Å². The summed E-state index contributed by atoms with van der Waals surface area (Å²) in [5.41, 5.74) is 0. The van der Waals surface area contributed by atoms with Crippen molar-refractivity contribution in [2.45, 2.75) is 45.4 Å². The first-order chi connectivity index (χ1) is 9.33. The summed E-state index contributed by atoms with van der Waals surface area (Å²) in [5, 5.41) is 0. The highest BCUT2D eigenvalue weighted by molar-refractivity contribution is 5.51. The van der Waals surface area contributed by atoms with Gasteiger partial charge in [0.2, 0.25) is 0 Å². The van der Waals surface area contributed by atoms with Crippen molar-refractivity contribution < 1.29 is 0 Å². The fourth-order valence-corrected chi connectivity index (χ4v) is 3.11. The molecule has 4 heteroatoms.